The number of aryl methyl sites for hydroxylation is 1. The average molecular weight is 432 g/mol. The molecule has 1 atom stereocenters. The van der Waals surface area contributed by atoms with Crippen LogP contribution in [0.1, 0.15) is 30.3 Å². The van der Waals surface area contributed by atoms with Gasteiger partial charge in [0.25, 0.3) is 0 Å². The van der Waals surface area contributed by atoms with Gasteiger partial charge in [-0.25, -0.2) is 9.97 Å². The van der Waals surface area contributed by atoms with Crippen molar-refractivity contribution in [3.8, 4) is 0 Å². The molecule has 1 spiro atoms. The summed E-state index contributed by atoms with van der Waals surface area (Å²) < 4.78 is 4.28. The van der Waals surface area contributed by atoms with Crippen molar-refractivity contribution < 1.29 is 0 Å². The smallest absolute Gasteiger partial charge is 0.147 e. The normalized spacial score (nSPS) is 19.9. The highest BCUT2D eigenvalue weighted by atomic mass is 32.2. The molecule has 1 fully saturated rings. The molecule has 2 N–H and O–H groups in total. The summed E-state index contributed by atoms with van der Waals surface area (Å²) in [6.07, 6.45) is 9.84. The summed E-state index contributed by atoms with van der Waals surface area (Å²) in [4.78, 5) is 13.0. The van der Waals surface area contributed by atoms with Crippen molar-refractivity contribution in [2.75, 3.05) is 18.0 Å². The highest BCUT2D eigenvalue weighted by molar-refractivity contribution is 7.99. The van der Waals surface area contributed by atoms with E-state index in [1.807, 2.05) is 18.6 Å². The first-order valence-electron chi connectivity index (χ1n) is 10.7. The SMILES string of the molecule is Cc1c(Sc2cnc(N3CCC4(CC3)Cn3nccc3[C@H]4N)cn2)ccc2cccn12. The van der Waals surface area contributed by atoms with Gasteiger partial charge >= 0.3 is 0 Å². The van der Waals surface area contributed by atoms with Crippen LogP contribution in [0, 0.1) is 12.3 Å². The van der Waals surface area contributed by atoms with Gasteiger partial charge in [-0.05, 0) is 50.1 Å². The molecule has 2 aliphatic rings. The summed E-state index contributed by atoms with van der Waals surface area (Å²) in [5, 5.41) is 5.35. The average Bonchev–Trinajstić information content (AvgIpc) is 3.50. The number of piperidine rings is 1. The van der Waals surface area contributed by atoms with Crippen molar-refractivity contribution in [3.63, 3.8) is 0 Å². The fourth-order valence-electron chi connectivity index (χ4n) is 5.08. The maximum absolute atomic E-state index is 6.61. The van der Waals surface area contributed by atoms with E-state index in [4.69, 9.17) is 15.7 Å². The standard InChI is InChI=1S/C23H25N7S/c1-16-19(5-4-17-3-2-10-29(16)17)31-21-14-25-20(13-26-21)28-11-7-23(8-12-28)15-30-18(22(23)24)6-9-27-30/h2-6,9-10,13-14,22H,7-8,11-12,15,24H2,1H3/t22-/m1/s1. The van der Waals surface area contributed by atoms with Crippen LogP contribution in [-0.4, -0.2) is 37.2 Å². The summed E-state index contributed by atoms with van der Waals surface area (Å²) in [5.41, 5.74) is 10.3. The number of nitrogens with two attached hydrogens (primary N) is 1. The van der Waals surface area contributed by atoms with Crippen LogP contribution < -0.4 is 10.6 Å². The van der Waals surface area contributed by atoms with Crippen molar-refractivity contribution >= 4 is 23.1 Å². The summed E-state index contributed by atoms with van der Waals surface area (Å²) in [6.45, 7) is 4.96. The van der Waals surface area contributed by atoms with Gasteiger partial charge in [0.2, 0.25) is 0 Å². The summed E-state index contributed by atoms with van der Waals surface area (Å²) >= 11 is 1.66. The summed E-state index contributed by atoms with van der Waals surface area (Å²) in [5.74, 6) is 0.945. The second-order valence-corrected chi connectivity index (χ2v) is 9.70. The van der Waals surface area contributed by atoms with Gasteiger partial charge in [0.15, 0.2) is 0 Å². The van der Waals surface area contributed by atoms with E-state index in [-0.39, 0.29) is 11.5 Å². The zero-order valence-corrected chi connectivity index (χ0v) is 18.3. The number of anilines is 1. The first-order valence-corrected chi connectivity index (χ1v) is 11.5. The number of aromatic nitrogens is 5. The van der Waals surface area contributed by atoms with Gasteiger partial charge in [-0.3, -0.25) is 4.68 Å². The minimum atomic E-state index is 0.0721. The lowest BCUT2D eigenvalue weighted by molar-refractivity contribution is 0.170. The van der Waals surface area contributed by atoms with Gasteiger partial charge in [-0.15, -0.1) is 0 Å². The third kappa shape index (κ3) is 3.04. The van der Waals surface area contributed by atoms with Crippen LogP contribution in [0.15, 0.2) is 65.0 Å². The molecule has 4 aromatic rings. The molecule has 2 aliphatic heterocycles. The molecule has 1 saturated heterocycles. The molecule has 4 aromatic heterocycles. The third-order valence-corrected chi connectivity index (χ3v) is 8.08. The van der Waals surface area contributed by atoms with E-state index < -0.39 is 0 Å². The number of fused-ring (bicyclic) bond motifs is 2. The summed E-state index contributed by atoms with van der Waals surface area (Å²) in [6, 6.07) is 10.6. The van der Waals surface area contributed by atoms with Crippen molar-refractivity contribution in [1.82, 2.24) is 24.1 Å². The lowest BCUT2D eigenvalue weighted by Gasteiger charge is -2.41. The lowest BCUT2D eigenvalue weighted by Crippen LogP contribution is -2.45. The Morgan fingerprint density at radius 1 is 1.10 bits per heavy atom. The van der Waals surface area contributed by atoms with Crippen molar-refractivity contribution in [3.05, 3.63) is 66.5 Å². The summed E-state index contributed by atoms with van der Waals surface area (Å²) in [7, 11) is 0. The minimum Gasteiger partial charge on any atom is -0.355 e. The molecule has 7 nitrogen and oxygen atoms in total. The Morgan fingerprint density at radius 3 is 2.74 bits per heavy atom. The van der Waals surface area contributed by atoms with Crippen LogP contribution in [0.4, 0.5) is 5.82 Å². The van der Waals surface area contributed by atoms with Gasteiger partial charge < -0.3 is 15.0 Å². The molecule has 0 bridgehead atoms. The molecule has 158 valence electrons. The van der Waals surface area contributed by atoms with Crippen LogP contribution >= 0.6 is 11.8 Å². The third-order valence-electron chi connectivity index (χ3n) is 7.01. The van der Waals surface area contributed by atoms with E-state index in [1.165, 1.54) is 21.8 Å². The molecule has 6 heterocycles. The van der Waals surface area contributed by atoms with Gasteiger partial charge in [-0.2, -0.15) is 5.10 Å². The molecule has 31 heavy (non-hydrogen) atoms. The van der Waals surface area contributed by atoms with Crippen LogP contribution in [-0.2, 0) is 6.54 Å². The molecular formula is C23H25N7S. The van der Waals surface area contributed by atoms with Crippen LogP contribution in [0.2, 0.25) is 0 Å². The van der Waals surface area contributed by atoms with Crippen molar-refractivity contribution in [2.45, 2.75) is 42.3 Å². The Bertz CT molecular complexity index is 1230. The molecule has 0 radical (unpaired) electrons. The predicted molar refractivity (Wildman–Crippen MR) is 121 cm³/mol. The maximum Gasteiger partial charge on any atom is 0.147 e. The Hall–Kier alpha value is -2.84. The highest BCUT2D eigenvalue weighted by Crippen LogP contribution is 2.47. The van der Waals surface area contributed by atoms with E-state index in [0.717, 1.165) is 43.3 Å². The van der Waals surface area contributed by atoms with E-state index in [9.17, 15) is 0 Å². The van der Waals surface area contributed by atoms with Gasteiger partial charge in [-0.1, -0.05) is 11.8 Å². The molecule has 0 aliphatic carbocycles. The quantitative estimate of drug-likeness (QED) is 0.533. The first-order chi connectivity index (χ1) is 15.1. The van der Waals surface area contributed by atoms with Crippen molar-refractivity contribution in [1.29, 1.82) is 0 Å². The zero-order valence-electron chi connectivity index (χ0n) is 17.5. The van der Waals surface area contributed by atoms with Gasteiger partial charge in [0, 0.05) is 53.5 Å². The van der Waals surface area contributed by atoms with E-state index >= 15 is 0 Å². The number of pyridine rings is 1. The molecular weight excluding hydrogens is 406 g/mol. The van der Waals surface area contributed by atoms with E-state index in [0.29, 0.717) is 0 Å². The first kappa shape index (κ1) is 18.9. The monoisotopic (exact) mass is 431 g/mol. The molecule has 0 amide bonds. The molecule has 6 rings (SSSR count). The molecule has 0 saturated carbocycles. The topological polar surface area (TPSA) is 77.3 Å². The number of hydrogen-bond donors (Lipinski definition) is 1. The van der Waals surface area contributed by atoms with Gasteiger partial charge in [0.05, 0.1) is 24.1 Å². The molecule has 0 unspecified atom stereocenters. The van der Waals surface area contributed by atoms with E-state index in [1.54, 1.807) is 11.8 Å². The number of hydrogen-bond acceptors (Lipinski definition) is 6. The van der Waals surface area contributed by atoms with E-state index in [2.05, 4.69) is 62.5 Å². The fraction of sp³-hybridized carbons (Fsp3) is 0.348. The predicted octanol–water partition coefficient (Wildman–Crippen LogP) is 3.69. The number of nitrogens with zero attached hydrogens (tertiary/aromatic N) is 6. The molecule has 0 aromatic carbocycles. The zero-order chi connectivity index (χ0) is 21.0. The second kappa shape index (κ2) is 7.10. The van der Waals surface area contributed by atoms with Crippen LogP contribution in [0.3, 0.4) is 0 Å². The van der Waals surface area contributed by atoms with Crippen LogP contribution in [0.25, 0.3) is 5.52 Å². The lowest BCUT2D eigenvalue weighted by atomic mass is 9.73. The second-order valence-electron chi connectivity index (χ2n) is 8.64. The highest BCUT2D eigenvalue weighted by Gasteiger charge is 2.46. The fourth-order valence-corrected chi connectivity index (χ4v) is 5.90. The minimum absolute atomic E-state index is 0.0721. The van der Waals surface area contributed by atoms with Crippen LogP contribution in [0.5, 0.6) is 0 Å². The Labute approximate surface area is 185 Å². The maximum atomic E-state index is 6.61. The largest absolute Gasteiger partial charge is 0.355 e. The Morgan fingerprint density at radius 2 is 1.97 bits per heavy atom. The number of rotatable bonds is 3. The Kier molecular flexibility index (Phi) is 4.33. The van der Waals surface area contributed by atoms with Crippen molar-refractivity contribution in [2.24, 2.45) is 11.1 Å². The molecule has 8 heteroatoms. The Balaban J connectivity index is 1.14. The van der Waals surface area contributed by atoms with Gasteiger partial charge in [0.1, 0.15) is 10.8 Å².